The Morgan fingerprint density at radius 3 is 2.50 bits per heavy atom. The zero-order chi connectivity index (χ0) is 13.7. The van der Waals surface area contributed by atoms with Crippen molar-refractivity contribution in [3.05, 3.63) is 28.2 Å². The van der Waals surface area contributed by atoms with Gasteiger partial charge in [0, 0.05) is 19.2 Å². The molecule has 0 aliphatic heterocycles. The fraction of sp³-hybridized carbons (Fsp3) is 0.615. The molecule has 1 heterocycles. The molecule has 1 N–H and O–H groups in total. The van der Waals surface area contributed by atoms with Gasteiger partial charge in [-0.05, 0) is 17.9 Å². The van der Waals surface area contributed by atoms with Gasteiger partial charge in [0.15, 0.2) is 0 Å². The first kappa shape index (κ1) is 14.4. The lowest BCUT2D eigenvalue weighted by atomic mass is 10.2. The van der Waals surface area contributed by atoms with Gasteiger partial charge in [-0.2, -0.15) is 5.10 Å². The van der Waals surface area contributed by atoms with E-state index in [1.807, 2.05) is 27.7 Å². The standard InChI is InChI=1S/C13H21N3O2/c1-9(2)7-14-13(18)11-5-6-12(17)16(15-11)8-10(3)4/h5-6,9-10H,7-8H2,1-4H3,(H,14,18). The molecule has 0 radical (unpaired) electrons. The van der Waals surface area contributed by atoms with E-state index in [4.69, 9.17) is 0 Å². The van der Waals surface area contributed by atoms with Gasteiger partial charge in [-0.1, -0.05) is 27.7 Å². The van der Waals surface area contributed by atoms with Gasteiger partial charge < -0.3 is 5.32 Å². The number of nitrogens with zero attached hydrogens (tertiary/aromatic N) is 2. The minimum absolute atomic E-state index is 0.177. The van der Waals surface area contributed by atoms with Crippen LogP contribution >= 0.6 is 0 Å². The van der Waals surface area contributed by atoms with E-state index in [0.717, 1.165) is 0 Å². The predicted molar refractivity (Wildman–Crippen MR) is 70.5 cm³/mol. The normalized spacial score (nSPS) is 11.0. The van der Waals surface area contributed by atoms with Crippen LogP contribution in [-0.4, -0.2) is 22.2 Å². The number of carbonyl (C=O) groups is 1. The SMILES string of the molecule is CC(C)CNC(=O)c1ccc(=O)n(CC(C)C)n1. The van der Waals surface area contributed by atoms with Gasteiger partial charge in [-0.3, -0.25) is 9.59 Å². The highest BCUT2D eigenvalue weighted by Gasteiger charge is 2.10. The number of aromatic nitrogens is 2. The van der Waals surface area contributed by atoms with Crippen molar-refractivity contribution < 1.29 is 4.79 Å². The van der Waals surface area contributed by atoms with E-state index in [-0.39, 0.29) is 17.2 Å². The highest BCUT2D eigenvalue weighted by molar-refractivity contribution is 5.91. The second-order valence-electron chi connectivity index (χ2n) is 5.24. The zero-order valence-corrected chi connectivity index (χ0v) is 11.4. The average Bonchev–Trinajstić information content (AvgIpc) is 2.28. The van der Waals surface area contributed by atoms with Crippen molar-refractivity contribution in [1.29, 1.82) is 0 Å². The van der Waals surface area contributed by atoms with E-state index in [2.05, 4.69) is 10.4 Å². The third-order valence-electron chi connectivity index (χ3n) is 2.31. The van der Waals surface area contributed by atoms with Crippen molar-refractivity contribution in [2.45, 2.75) is 34.2 Å². The summed E-state index contributed by atoms with van der Waals surface area (Å²) in [6.07, 6.45) is 0. The van der Waals surface area contributed by atoms with Gasteiger partial charge >= 0.3 is 0 Å². The molecule has 0 saturated carbocycles. The van der Waals surface area contributed by atoms with Crippen LogP contribution in [0.25, 0.3) is 0 Å². The topological polar surface area (TPSA) is 64.0 Å². The quantitative estimate of drug-likeness (QED) is 0.857. The molecule has 5 nitrogen and oxygen atoms in total. The summed E-state index contributed by atoms with van der Waals surface area (Å²) >= 11 is 0. The van der Waals surface area contributed by atoms with Crippen molar-refractivity contribution >= 4 is 5.91 Å². The molecule has 1 rings (SSSR count). The third kappa shape index (κ3) is 4.31. The lowest BCUT2D eigenvalue weighted by Crippen LogP contribution is -2.32. The lowest BCUT2D eigenvalue weighted by molar-refractivity contribution is 0.0941. The number of carbonyl (C=O) groups excluding carboxylic acids is 1. The van der Waals surface area contributed by atoms with Crippen LogP contribution in [0, 0.1) is 11.8 Å². The number of rotatable bonds is 5. The molecule has 0 saturated heterocycles. The predicted octanol–water partition coefficient (Wildman–Crippen LogP) is 1.29. The molecule has 18 heavy (non-hydrogen) atoms. The Bertz CT molecular complexity index is 464. The molecule has 100 valence electrons. The zero-order valence-electron chi connectivity index (χ0n) is 11.4. The smallest absolute Gasteiger partial charge is 0.271 e. The second-order valence-corrected chi connectivity index (χ2v) is 5.24. The summed E-state index contributed by atoms with van der Waals surface area (Å²) in [7, 11) is 0. The first-order valence-corrected chi connectivity index (χ1v) is 6.26. The third-order valence-corrected chi connectivity index (χ3v) is 2.31. The Hall–Kier alpha value is -1.65. The first-order valence-electron chi connectivity index (χ1n) is 6.26. The van der Waals surface area contributed by atoms with Crippen LogP contribution in [0.15, 0.2) is 16.9 Å². The van der Waals surface area contributed by atoms with E-state index >= 15 is 0 Å². The molecular formula is C13H21N3O2. The molecule has 0 bridgehead atoms. The van der Waals surface area contributed by atoms with Crippen molar-refractivity contribution in [3.8, 4) is 0 Å². The molecule has 0 fully saturated rings. The highest BCUT2D eigenvalue weighted by Crippen LogP contribution is 1.97. The maximum atomic E-state index is 11.8. The number of hydrogen-bond donors (Lipinski definition) is 1. The Morgan fingerprint density at radius 2 is 1.94 bits per heavy atom. The molecule has 0 aliphatic carbocycles. The van der Waals surface area contributed by atoms with Crippen molar-refractivity contribution in [2.75, 3.05) is 6.54 Å². The summed E-state index contributed by atoms with van der Waals surface area (Å²) in [5.74, 6) is 0.459. The molecule has 0 unspecified atom stereocenters. The van der Waals surface area contributed by atoms with Crippen LogP contribution in [0.1, 0.15) is 38.2 Å². The lowest BCUT2D eigenvalue weighted by Gasteiger charge is -2.10. The van der Waals surface area contributed by atoms with E-state index < -0.39 is 0 Å². The first-order chi connectivity index (χ1) is 8.40. The maximum Gasteiger partial charge on any atom is 0.271 e. The number of amides is 1. The number of nitrogens with one attached hydrogen (secondary N) is 1. The highest BCUT2D eigenvalue weighted by atomic mass is 16.2. The van der Waals surface area contributed by atoms with E-state index in [0.29, 0.717) is 24.9 Å². The molecule has 1 aromatic heterocycles. The molecule has 1 aromatic rings. The summed E-state index contributed by atoms with van der Waals surface area (Å²) < 4.78 is 1.34. The van der Waals surface area contributed by atoms with Gasteiger partial charge in [-0.25, -0.2) is 4.68 Å². The molecule has 0 aliphatic rings. The molecule has 0 atom stereocenters. The van der Waals surface area contributed by atoms with Gasteiger partial charge in [0.2, 0.25) is 0 Å². The van der Waals surface area contributed by atoms with E-state index in [9.17, 15) is 9.59 Å². The average molecular weight is 251 g/mol. The molecule has 5 heteroatoms. The Morgan fingerprint density at radius 1 is 1.28 bits per heavy atom. The summed E-state index contributed by atoms with van der Waals surface area (Å²) in [5, 5.41) is 6.86. The number of hydrogen-bond acceptors (Lipinski definition) is 3. The summed E-state index contributed by atoms with van der Waals surface area (Å²) in [6, 6.07) is 2.86. The Labute approximate surface area is 107 Å². The second kappa shape index (κ2) is 6.33. The van der Waals surface area contributed by atoms with Gasteiger partial charge in [-0.15, -0.1) is 0 Å². The molecule has 0 spiro atoms. The molecule has 1 amide bonds. The van der Waals surface area contributed by atoms with Crippen molar-refractivity contribution in [3.63, 3.8) is 0 Å². The summed E-state index contributed by atoms with van der Waals surface area (Å²) in [4.78, 5) is 23.4. The monoisotopic (exact) mass is 251 g/mol. The van der Waals surface area contributed by atoms with Crippen LogP contribution in [0.4, 0.5) is 0 Å². The molecular weight excluding hydrogens is 230 g/mol. The van der Waals surface area contributed by atoms with Crippen molar-refractivity contribution in [2.24, 2.45) is 11.8 Å². The van der Waals surface area contributed by atoms with Crippen LogP contribution in [0.3, 0.4) is 0 Å². The van der Waals surface area contributed by atoms with Gasteiger partial charge in [0.1, 0.15) is 5.69 Å². The summed E-state index contributed by atoms with van der Waals surface area (Å²) in [5.41, 5.74) is 0.111. The van der Waals surface area contributed by atoms with E-state index in [1.165, 1.54) is 16.8 Å². The van der Waals surface area contributed by atoms with Crippen LogP contribution < -0.4 is 10.9 Å². The molecule has 0 aromatic carbocycles. The van der Waals surface area contributed by atoms with Gasteiger partial charge in [0.25, 0.3) is 11.5 Å². The van der Waals surface area contributed by atoms with Gasteiger partial charge in [0.05, 0.1) is 0 Å². The van der Waals surface area contributed by atoms with Crippen LogP contribution in [-0.2, 0) is 6.54 Å². The fourth-order valence-electron chi connectivity index (χ4n) is 1.43. The Balaban J connectivity index is 2.84. The van der Waals surface area contributed by atoms with E-state index in [1.54, 1.807) is 0 Å². The van der Waals surface area contributed by atoms with Crippen molar-refractivity contribution in [1.82, 2.24) is 15.1 Å². The maximum absolute atomic E-state index is 11.8. The van der Waals surface area contributed by atoms with Crippen LogP contribution in [0.5, 0.6) is 0 Å². The Kier molecular flexibility index (Phi) is 5.07. The summed E-state index contributed by atoms with van der Waals surface area (Å²) in [6.45, 7) is 9.16. The minimum atomic E-state index is -0.235. The van der Waals surface area contributed by atoms with Crippen LogP contribution in [0.2, 0.25) is 0 Å². The largest absolute Gasteiger partial charge is 0.350 e. The minimum Gasteiger partial charge on any atom is -0.350 e. The fourth-order valence-corrected chi connectivity index (χ4v) is 1.43.